The molecule has 5 rings (SSSR count). The molecular weight excluding hydrogens is 435 g/mol. The van der Waals surface area contributed by atoms with Gasteiger partial charge >= 0.3 is 0 Å². The van der Waals surface area contributed by atoms with Gasteiger partial charge in [0.15, 0.2) is 0 Å². The van der Waals surface area contributed by atoms with Crippen LogP contribution < -0.4 is 22.2 Å². The van der Waals surface area contributed by atoms with Gasteiger partial charge in [0, 0.05) is 13.1 Å². The Bertz CT molecular complexity index is 1530. The molecular formula is C27H21FN2O4. The van der Waals surface area contributed by atoms with Gasteiger partial charge in [-0.25, -0.2) is 4.39 Å². The molecule has 0 saturated carbocycles. The van der Waals surface area contributed by atoms with Gasteiger partial charge in [-0.3, -0.25) is 28.3 Å². The van der Waals surface area contributed by atoms with Crippen LogP contribution in [-0.2, 0) is 25.9 Å². The lowest BCUT2D eigenvalue weighted by Gasteiger charge is -2.02. The van der Waals surface area contributed by atoms with Crippen LogP contribution in [-0.4, -0.2) is 9.13 Å². The lowest BCUT2D eigenvalue weighted by Crippen LogP contribution is -2.27. The van der Waals surface area contributed by atoms with E-state index in [-0.39, 0.29) is 40.5 Å². The first-order valence-corrected chi connectivity index (χ1v) is 11.0. The van der Waals surface area contributed by atoms with Gasteiger partial charge in [-0.1, -0.05) is 42.0 Å². The molecule has 7 heteroatoms. The zero-order valence-corrected chi connectivity index (χ0v) is 18.5. The molecule has 0 aliphatic heterocycles. The second-order valence-corrected chi connectivity index (χ2v) is 8.58. The Morgan fingerprint density at radius 3 is 1.32 bits per heavy atom. The number of rotatable bonds is 6. The molecule has 2 aromatic heterocycles. The van der Waals surface area contributed by atoms with E-state index in [2.05, 4.69) is 0 Å². The molecule has 0 fully saturated rings. The Morgan fingerprint density at radius 1 is 0.588 bits per heavy atom. The Balaban J connectivity index is 1.50. The summed E-state index contributed by atoms with van der Waals surface area (Å²) in [5.41, 5.74) is 1.01. The molecule has 170 valence electrons. The Hall–Kier alpha value is -4.13. The van der Waals surface area contributed by atoms with Gasteiger partial charge in [-0.05, 0) is 55.2 Å². The second-order valence-electron chi connectivity index (χ2n) is 8.58. The smallest absolute Gasteiger partial charge is 0.261 e. The van der Waals surface area contributed by atoms with Crippen LogP contribution in [0.3, 0.4) is 0 Å². The van der Waals surface area contributed by atoms with Crippen LogP contribution in [0.25, 0.3) is 21.5 Å². The summed E-state index contributed by atoms with van der Waals surface area (Å²) in [4.78, 5) is 51.8. The fourth-order valence-electron chi connectivity index (χ4n) is 4.37. The van der Waals surface area contributed by atoms with Gasteiger partial charge in [-0.15, -0.1) is 0 Å². The minimum absolute atomic E-state index is 0.118. The summed E-state index contributed by atoms with van der Waals surface area (Å²) in [6.45, 7) is 2.32. The molecule has 3 aromatic carbocycles. The van der Waals surface area contributed by atoms with Gasteiger partial charge in [-0.2, -0.15) is 0 Å². The van der Waals surface area contributed by atoms with E-state index in [1.807, 2.05) is 31.2 Å². The number of aromatic nitrogens is 2. The molecule has 0 aliphatic carbocycles. The van der Waals surface area contributed by atoms with Gasteiger partial charge in [0.1, 0.15) is 5.82 Å². The first-order valence-electron chi connectivity index (χ1n) is 11.0. The van der Waals surface area contributed by atoms with Crippen molar-refractivity contribution in [2.45, 2.75) is 32.9 Å². The third-order valence-electron chi connectivity index (χ3n) is 6.34. The highest BCUT2D eigenvalue weighted by molar-refractivity contribution is 5.97. The van der Waals surface area contributed by atoms with E-state index in [9.17, 15) is 23.6 Å². The summed E-state index contributed by atoms with van der Waals surface area (Å²) in [6.07, 6.45) is 0.886. The van der Waals surface area contributed by atoms with Crippen LogP contribution in [0.2, 0.25) is 0 Å². The molecule has 0 bridgehead atoms. The van der Waals surface area contributed by atoms with Crippen LogP contribution in [0.1, 0.15) is 16.7 Å². The summed E-state index contributed by atoms with van der Waals surface area (Å²) in [5.74, 6) is -0.360. The maximum absolute atomic E-state index is 13.1. The summed E-state index contributed by atoms with van der Waals surface area (Å²) >= 11 is 0. The van der Waals surface area contributed by atoms with E-state index in [1.165, 1.54) is 28.8 Å². The average Bonchev–Trinajstić information content (AvgIpc) is 3.21. The van der Waals surface area contributed by atoms with Crippen LogP contribution >= 0.6 is 0 Å². The van der Waals surface area contributed by atoms with Crippen molar-refractivity contribution in [1.29, 1.82) is 0 Å². The fraction of sp³-hybridized carbons (Fsp3) is 0.185. The fourth-order valence-corrected chi connectivity index (χ4v) is 4.37. The van der Waals surface area contributed by atoms with Gasteiger partial charge in [0.05, 0.1) is 21.5 Å². The zero-order valence-electron chi connectivity index (χ0n) is 18.5. The molecule has 0 N–H and O–H groups in total. The van der Waals surface area contributed by atoms with Crippen molar-refractivity contribution in [1.82, 2.24) is 9.13 Å². The van der Waals surface area contributed by atoms with Crippen molar-refractivity contribution in [3.63, 3.8) is 0 Å². The summed E-state index contributed by atoms with van der Waals surface area (Å²) in [5, 5.41) is 0.553. The van der Waals surface area contributed by atoms with Gasteiger partial charge in [0.2, 0.25) is 0 Å². The highest BCUT2D eigenvalue weighted by Gasteiger charge is 2.19. The van der Waals surface area contributed by atoms with Crippen molar-refractivity contribution >= 4 is 21.5 Å². The first kappa shape index (κ1) is 21.7. The summed E-state index contributed by atoms with van der Waals surface area (Å²) in [7, 11) is 0. The average molecular weight is 456 g/mol. The van der Waals surface area contributed by atoms with Crippen LogP contribution in [0.4, 0.5) is 4.39 Å². The predicted molar refractivity (Wildman–Crippen MR) is 130 cm³/mol. The minimum Gasteiger partial charge on any atom is -0.274 e. The molecule has 0 aliphatic rings. The topological polar surface area (TPSA) is 78.1 Å². The molecule has 0 radical (unpaired) electrons. The lowest BCUT2D eigenvalue weighted by atomic mass is 10.1. The summed E-state index contributed by atoms with van der Waals surface area (Å²) in [6, 6.07) is 16.5. The third-order valence-corrected chi connectivity index (χ3v) is 6.34. The van der Waals surface area contributed by atoms with E-state index in [0.717, 1.165) is 21.3 Å². The standard InChI is InChI=1S/C27H21FN2O4/c1-16-2-4-17(5-3-16)10-12-29-24(31)20-14-22-23(15-21(20)25(29)32)27(34)30(26(22)33)13-11-18-6-8-19(28)9-7-18/h2-9,14-15H,10-13H2,1H3. The van der Waals surface area contributed by atoms with E-state index < -0.39 is 22.2 Å². The molecule has 0 spiro atoms. The molecule has 34 heavy (non-hydrogen) atoms. The normalized spacial score (nSPS) is 11.6. The van der Waals surface area contributed by atoms with E-state index in [4.69, 9.17) is 0 Å². The number of halogens is 1. The quantitative estimate of drug-likeness (QED) is 0.394. The first-order chi connectivity index (χ1) is 16.3. The van der Waals surface area contributed by atoms with Crippen molar-refractivity contribution in [3.05, 3.63) is 125 Å². The SMILES string of the molecule is Cc1ccc(CCn2c(=O)c3cc4c(=O)n(CCc5ccc(F)cc5)c(=O)c4cc3c2=O)cc1. The monoisotopic (exact) mass is 456 g/mol. The maximum atomic E-state index is 13.1. The molecule has 6 nitrogen and oxygen atoms in total. The molecule has 0 atom stereocenters. The van der Waals surface area contributed by atoms with Crippen LogP contribution in [0.5, 0.6) is 0 Å². The maximum Gasteiger partial charge on any atom is 0.261 e. The third kappa shape index (κ3) is 3.69. The summed E-state index contributed by atoms with van der Waals surface area (Å²) < 4.78 is 15.4. The molecule has 5 aromatic rings. The minimum atomic E-state index is -0.497. The molecule has 2 heterocycles. The number of aryl methyl sites for hydroxylation is 3. The number of nitrogens with zero attached hydrogens (tertiary/aromatic N) is 2. The van der Waals surface area contributed by atoms with E-state index in [0.29, 0.717) is 12.8 Å². The Morgan fingerprint density at radius 2 is 0.941 bits per heavy atom. The molecule has 0 amide bonds. The van der Waals surface area contributed by atoms with Crippen LogP contribution in [0, 0.1) is 12.7 Å². The highest BCUT2D eigenvalue weighted by atomic mass is 19.1. The largest absolute Gasteiger partial charge is 0.274 e. The highest BCUT2D eigenvalue weighted by Crippen LogP contribution is 2.15. The second kappa shape index (κ2) is 8.33. The number of hydrogen-bond donors (Lipinski definition) is 0. The van der Waals surface area contributed by atoms with Gasteiger partial charge in [0.25, 0.3) is 22.2 Å². The predicted octanol–water partition coefficient (Wildman–Crippen LogP) is 2.85. The van der Waals surface area contributed by atoms with Crippen LogP contribution in [0.15, 0.2) is 79.8 Å². The van der Waals surface area contributed by atoms with Gasteiger partial charge < -0.3 is 0 Å². The Kier molecular flexibility index (Phi) is 5.32. The van der Waals surface area contributed by atoms with Crippen molar-refractivity contribution in [3.8, 4) is 0 Å². The molecule has 0 unspecified atom stereocenters. The van der Waals surface area contributed by atoms with Crippen molar-refractivity contribution in [2.75, 3.05) is 0 Å². The van der Waals surface area contributed by atoms with Crippen molar-refractivity contribution < 1.29 is 4.39 Å². The Labute approximate surface area is 192 Å². The zero-order chi connectivity index (χ0) is 24.0. The lowest BCUT2D eigenvalue weighted by molar-refractivity contribution is 0.624. The number of benzene rings is 3. The van der Waals surface area contributed by atoms with E-state index >= 15 is 0 Å². The number of fused-ring (bicyclic) bond motifs is 2. The van der Waals surface area contributed by atoms with Crippen molar-refractivity contribution in [2.24, 2.45) is 0 Å². The molecule has 0 saturated heterocycles. The van der Waals surface area contributed by atoms with E-state index in [1.54, 1.807) is 12.1 Å². The number of hydrogen-bond acceptors (Lipinski definition) is 4.